The average molecular weight is 299 g/mol. The molecule has 0 heterocycles. The minimum Gasteiger partial charge on any atom is -0.392 e. The number of rotatable bonds is 7. The molecule has 0 saturated heterocycles. The average Bonchev–Trinajstić information content (AvgIpc) is 2.42. The quantitative estimate of drug-likeness (QED) is 0.842. The van der Waals surface area contributed by atoms with Crippen LogP contribution in [0.25, 0.3) is 0 Å². The Morgan fingerprint density at radius 3 is 2.35 bits per heavy atom. The summed E-state index contributed by atoms with van der Waals surface area (Å²) < 4.78 is 27.0. The van der Waals surface area contributed by atoms with E-state index in [1.807, 2.05) is 33.8 Å². The summed E-state index contributed by atoms with van der Waals surface area (Å²) in [5.74, 6) is 0. The van der Waals surface area contributed by atoms with Crippen molar-refractivity contribution < 1.29 is 13.5 Å². The van der Waals surface area contributed by atoms with E-state index in [4.69, 9.17) is 0 Å². The van der Waals surface area contributed by atoms with Gasteiger partial charge in [-0.05, 0) is 43.0 Å². The Balaban J connectivity index is 3.29. The fraction of sp³-hybridized carbons (Fsp3) is 0.600. The number of aliphatic hydroxyl groups excluding tert-OH is 1. The topological polar surface area (TPSA) is 57.6 Å². The van der Waals surface area contributed by atoms with Crippen LogP contribution in [0.15, 0.2) is 17.0 Å². The molecule has 0 spiro atoms. The molecule has 0 radical (unpaired) electrons. The van der Waals surface area contributed by atoms with Crippen molar-refractivity contribution in [3.8, 4) is 0 Å². The molecule has 0 aliphatic carbocycles. The van der Waals surface area contributed by atoms with Gasteiger partial charge in [-0.1, -0.05) is 26.3 Å². The first-order valence-electron chi connectivity index (χ1n) is 7.09. The first-order chi connectivity index (χ1) is 9.38. The standard InChI is InChI=1S/C15H25NO3S/c1-5-7-8-16(6-2)20(18,19)15-10-14(11-17)9-12(3)13(15)4/h9-10,17H,5-8,11H2,1-4H3. The zero-order valence-electron chi connectivity index (χ0n) is 12.8. The summed E-state index contributed by atoms with van der Waals surface area (Å²) in [6, 6.07) is 3.42. The highest BCUT2D eigenvalue weighted by molar-refractivity contribution is 7.89. The fourth-order valence-electron chi connectivity index (χ4n) is 2.18. The van der Waals surface area contributed by atoms with Crippen LogP contribution in [0.4, 0.5) is 0 Å². The molecule has 1 N–H and O–H groups in total. The highest BCUT2D eigenvalue weighted by atomic mass is 32.2. The summed E-state index contributed by atoms with van der Waals surface area (Å²) in [6.45, 7) is 8.44. The predicted molar refractivity (Wildman–Crippen MR) is 81.2 cm³/mol. The van der Waals surface area contributed by atoms with Crippen LogP contribution < -0.4 is 0 Å². The van der Waals surface area contributed by atoms with Crippen molar-refractivity contribution in [3.05, 3.63) is 28.8 Å². The summed E-state index contributed by atoms with van der Waals surface area (Å²) in [4.78, 5) is 0.319. The molecule has 1 rings (SSSR count). The highest BCUT2D eigenvalue weighted by Gasteiger charge is 2.25. The van der Waals surface area contributed by atoms with Gasteiger partial charge in [0.05, 0.1) is 11.5 Å². The third kappa shape index (κ3) is 3.59. The van der Waals surface area contributed by atoms with Crippen LogP contribution in [0, 0.1) is 13.8 Å². The van der Waals surface area contributed by atoms with Crippen LogP contribution in [-0.2, 0) is 16.6 Å². The van der Waals surface area contributed by atoms with Crippen molar-refractivity contribution in [1.29, 1.82) is 0 Å². The molecule has 5 heteroatoms. The zero-order chi connectivity index (χ0) is 15.3. The van der Waals surface area contributed by atoms with Gasteiger partial charge in [0.15, 0.2) is 0 Å². The molecule has 4 nitrogen and oxygen atoms in total. The number of benzene rings is 1. The van der Waals surface area contributed by atoms with E-state index in [-0.39, 0.29) is 6.61 Å². The summed E-state index contributed by atoms with van der Waals surface area (Å²) in [7, 11) is -3.49. The Bertz CT molecular complexity index is 552. The fourth-order valence-corrected chi connectivity index (χ4v) is 4.02. The molecule has 0 aromatic heterocycles. The Morgan fingerprint density at radius 2 is 1.85 bits per heavy atom. The van der Waals surface area contributed by atoms with E-state index < -0.39 is 10.0 Å². The van der Waals surface area contributed by atoms with Gasteiger partial charge in [-0.2, -0.15) is 4.31 Å². The van der Waals surface area contributed by atoms with Crippen LogP contribution in [0.5, 0.6) is 0 Å². The summed E-state index contributed by atoms with van der Waals surface area (Å²) in [6.07, 6.45) is 1.81. The molecule has 20 heavy (non-hydrogen) atoms. The smallest absolute Gasteiger partial charge is 0.243 e. The van der Waals surface area contributed by atoms with E-state index in [2.05, 4.69) is 0 Å². The molecule has 0 bridgehead atoms. The second kappa shape index (κ2) is 7.20. The molecule has 0 unspecified atom stereocenters. The van der Waals surface area contributed by atoms with Gasteiger partial charge >= 0.3 is 0 Å². The summed E-state index contributed by atoms with van der Waals surface area (Å²) in [5.41, 5.74) is 2.29. The van der Waals surface area contributed by atoms with Crippen molar-refractivity contribution in [2.45, 2.75) is 52.0 Å². The summed E-state index contributed by atoms with van der Waals surface area (Å²) in [5, 5.41) is 9.27. The molecule has 0 aliphatic heterocycles. The third-order valence-corrected chi connectivity index (χ3v) is 5.69. The molecule has 0 fully saturated rings. The van der Waals surface area contributed by atoms with Crippen molar-refractivity contribution >= 4 is 10.0 Å². The lowest BCUT2D eigenvalue weighted by Crippen LogP contribution is -2.32. The number of nitrogens with zero attached hydrogens (tertiary/aromatic N) is 1. The Labute approximate surface area is 122 Å². The van der Waals surface area contributed by atoms with E-state index in [0.29, 0.717) is 23.5 Å². The minimum absolute atomic E-state index is 0.148. The molecule has 1 aromatic carbocycles. The lowest BCUT2D eigenvalue weighted by molar-refractivity contribution is 0.281. The van der Waals surface area contributed by atoms with Gasteiger partial charge < -0.3 is 5.11 Å². The predicted octanol–water partition coefficient (Wildman–Crippen LogP) is 2.61. The third-order valence-electron chi connectivity index (χ3n) is 3.59. The van der Waals surface area contributed by atoms with Gasteiger partial charge in [0.25, 0.3) is 0 Å². The van der Waals surface area contributed by atoms with Crippen LogP contribution in [0.2, 0.25) is 0 Å². The van der Waals surface area contributed by atoms with Crippen molar-refractivity contribution in [1.82, 2.24) is 4.31 Å². The first kappa shape index (κ1) is 17.1. The van der Waals surface area contributed by atoms with Gasteiger partial charge in [-0.15, -0.1) is 0 Å². The lowest BCUT2D eigenvalue weighted by Gasteiger charge is -2.22. The van der Waals surface area contributed by atoms with E-state index in [1.54, 1.807) is 6.07 Å². The largest absolute Gasteiger partial charge is 0.392 e. The highest BCUT2D eigenvalue weighted by Crippen LogP contribution is 2.24. The van der Waals surface area contributed by atoms with Crippen molar-refractivity contribution in [2.24, 2.45) is 0 Å². The van der Waals surface area contributed by atoms with Crippen LogP contribution in [0.1, 0.15) is 43.4 Å². The maximum atomic E-state index is 12.8. The van der Waals surface area contributed by atoms with Gasteiger partial charge in [0.2, 0.25) is 10.0 Å². The first-order valence-corrected chi connectivity index (χ1v) is 8.53. The second-order valence-corrected chi connectivity index (χ2v) is 6.95. The Kier molecular flexibility index (Phi) is 6.17. The van der Waals surface area contributed by atoms with E-state index in [1.165, 1.54) is 4.31 Å². The van der Waals surface area contributed by atoms with Gasteiger partial charge in [-0.3, -0.25) is 0 Å². The molecule has 0 saturated carbocycles. The van der Waals surface area contributed by atoms with Crippen LogP contribution in [0.3, 0.4) is 0 Å². The SMILES string of the molecule is CCCCN(CC)S(=O)(=O)c1cc(CO)cc(C)c1C. The van der Waals surface area contributed by atoms with Crippen LogP contribution >= 0.6 is 0 Å². The number of aryl methyl sites for hydroxylation is 1. The molecule has 114 valence electrons. The minimum atomic E-state index is -3.49. The second-order valence-electron chi connectivity index (χ2n) is 5.04. The maximum Gasteiger partial charge on any atom is 0.243 e. The maximum absolute atomic E-state index is 12.8. The molecule has 0 aliphatic rings. The monoisotopic (exact) mass is 299 g/mol. The molecule has 0 amide bonds. The van der Waals surface area contributed by atoms with Crippen molar-refractivity contribution in [3.63, 3.8) is 0 Å². The van der Waals surface area contributed by atoms with Gasteiger partial charge in [0, 0.05) is 13.1 Å². The zero-order valence-corrected chi connectivity index (χ0v) is 13.6. The van der Waals surface area contributed by atoms with E-state index in [9.17, 15) is 13.5 Å². The number of sulfonamides is 1. The van der Waals surface area contributed by atoms with E-state index >= 15 is 0 Å². The molecule has 1 aromatic rings. The lowest BCUT2D eigenvalue weighted by atomic mass is 10.1. The Hall–Kier alpha value is -0.910. The van der Waals surface area contributed by atoms with E-state index in [0.717, 1.165) is 24.0 Å². The molecule has 0 atom stereocenters. The molecular formula is C15H25NO3S. The number of unbranched alkanes of at least 4 members (excludes halogenated alkanes) is 1. The van der Waals surface area contributed by atoms with Crippen LogP contribution in [-0.4, -0.2) is 30.9 Å². The molecular weight excluding hydrogens is 274 g/mol. The summed E-state index contributed by atoms with van der Waals surface area (Å²) >= 11 is 0. The number of hydrogen-bond donors (Lipinski definition) is 1. The van der Waals surface area contributed by atoms with Crippen molar-refractivity contribution in [2.75, 3.05) is 13.1 Å². The van der Waals surface area contributed by atoms with Gasteiger partial charge in [-0.25, -0.2) is 8.42 Å². The number of hydrogen-bond acceptors (Lipinski definition) is 3. The normalized spacial score (nSPS) is 12.1. The number of aliphatic hydroxyl groups is 1. The van der Waals surface area contributed by atoms with Gasteiger partial charge in [0.1, 0.15) is 0 Å². The Morgan fingerprint density at radius 1 is 1.20 bits per heavy atom.